The third kappa shape index (κ3) is 3.24. The summed E-state index contributed by atoms with van der Waals surface area (Å²) in [5.74, 6) is 0. The van der Waals surface area contributed by atoms with E-state index < -0.39 is 0 Å². The molecule has 1 saturated heterocycles. The normalized spacial score (nSPS) is 18.9. The van der Waals surface area contributed by atoms with Crippen LogP contribution < -0.4 is 4.90 Å². The number of hydrogen-bond donors (Lipinski definition) is 1. The zero-order chi connectivity index (χ0) is 13.0. The number of nitrogens with zero attached hydrogens (tertiary/aromatic N) is 2. The van der Waals surface area contributed by atoms with Crippen LogP contribution >= 0.6 is 0 Å². The van der Waals surface area contributed by atoms with Crippen LogP contribution in [0.25, 0.3) is 0 Å². The quantitative estimate of drug-likeness (QED) is 0.885. The van der Waals surface area contributed by atoms with Gasteiger partial charge in [-0.1, -0.05) is 19.1 Å². The van der Waals surface area contributed by atoms with E-state index in [1.807, 2.05) is 12.1 Å². The zero-order valence-electron chi connectivity index (χ0n) is 11.5. The van der Waals surface area contributed by atoms with E-state index in [1.54, 1.807) is 6.92 Å². The molecule has 0 bridgehead atoms. The monoisotopic (exact) mass is 248 g/mol. The van der Waals surface area contributed by atoms with Crippen molar-refractivity contribution in [1.82, 2.24) is 4.90 Å². The molecule has 2 rings (SSSR count). The van der Waals surface area contributed by atoms with Crippen LogP contribution in [0.15, 0.2) is 24.3 Å². The van der Waals surface area contributed by atoms with Crippen molar-refractivity contribution in [2.75, 3.05) is 37.6 Å². The number of hydrogen-bond acceptors (Lipinski definition) is 3. The molecule has 3 heteroatoms. The fourth-order valence-electron chi connectivity index (χ4n) is 2.51. The molecule has 1 aromatic rings. The van der Waals surface area contributed by atoms with E-state index in [4.69, 9.17) is 0 Å². The molecule has 0 amide bonds. The van der Waals surface area contributed by atoms with Gasteiger partial charge in [0.2, 0.25) is 0 Å². The summed E-state index contributed by atoms with van der Waals surface area (Å²) in [6.45, 7) is 9.79. The maximum Gasteiger partial charge on any atom is 0.0761 e. The summed E-state index contributed by atoms with van der Waals surface area (Å²) in [7, 11) is 0. The highest BCUT2D eigenvalue weighted by Crippen LogP contribution is 2.20. The fourth-order valence-corrected chi connectivity index (χ4v) is 2.51. The minimum atomic E-state index is -0.375. The first-order chi connectivity index (χ1) is 8.70. The minimum Gasteiger partial charge on any atom is -0.389 e. The molecule has 0 aliphatic carbocycles. The first-order valence-corrected chi connectivity index (χ1v) is 6.96. The fraction of sp³-hybridized carbons (Fsp3) is 0.600. The van der Waals surface area contributed by atoms with Crippen molar-refractivity contribution >= 4 is 5.69 Å². The van der Waals surface area contributed by atoms with Crippen molar-refractivity contribution in [3.63, 3.8) is 0 Å². The molecule has 3 nitrogen and oxygen atoms in total. The Morgan fingerprint density at radius 2 is 1.72 bits per heavy atom. The third-order valence-corrected chi connectivity index (χ3v) is 3.65. The van der Waals surface area contributed by atoms with Crippen LogP contribution in [0.3, 0.4) is 0 Å². The van der Waals surface area contributed by atoms with E-state index in [2.05, 4.69) is 28.9 Å². The maximum absolute atomic E-state index is 9.50. The highest BCUT2D eigenvalue weighted by molar-refractivity contribution is 5.48. The summed E-state index contributed by atoms with van der Waals surface area (Å²) in [6, 6.07) is 8.30. The largest absolute Gasteiger partial charge is 0.389 e. The van der Waals surface area contributed by atoms with Crippen molar-refractivity contribution in [3.05, 3.63) is 29.8 Å². The number of anilines is 1. The van der Waals surface area contributed by atoms with Crippen LogP contribution in [0, 0.1) is 0 Å². The van der Waals surface area contributed by atoms with Crippen LogP contribution in [0.2, 0.25) is 0 Å². The van der Waals surface area contributed by atoms with Gasteiger partial charge in [0, 0.05) is 31.9 Å². The summed E-state index contributed by atoms with van der Waals surface area (Å²) < 4.78 is 0. The molecule has 1 aliphatic rings. The van der Waals surface area contributed by atoms with Gasteiger partial charge in [0.1, 0.15) is 0 Å². The molecule has 0 radical (unpaired) electrons. The maximum atomic E-state index is 9.50. The number of piperazine rings is 1. The van der Waals surface area contributed by atoms with Crippen molar-refractivity contribution in [2.45, 2.75) is 26.4 Å². The van der Waals surface area contributed by atoms with Crippen LogP contribution in [-0.2, 0) is 0 Å². The Kier molecular flexibility index (Phi) is 4.61. The summed E-state index contributed by atoms with van der Waals surface area (Å²) >= 11 is 0. The summed E-state index contributed by atoms with van der Waals surface area (Å²) in [4.78, 5) is 4.96. The van der Waals surface area contributed by atoms with Crippen molar-refractivity contribution in [3.8, 4) is 0 Å². The minimum absolute atomic E-state index is 0.375. The lowest BCUT2D eigenvalue weighted by atomic mass is 10.1. The average molecular weight is 248 g/mol. The Hall–Kier alpha value is -1.06. The molecule has 0 saturated carbocycles. The first-order valence-electron chi connectivity index (χ1n) is 6.96. The standard InChI is InChI=1S/C15H24N2O/c1-3-8-16-9-11-17(12-10-16)15-6-4-14(5-7-15)13(2)18/h4-7,13,18H,3,8-12H2,1-2H3/t13-/m0/s1. The molecule has 1 heterocycles. The summed E-state index contributed by atoms with van der Waals surface area (Å²) in [5.41, 5.74) is 2.26. The van der Waals surface area contributed by atoms with Gasteiger partial charge in [-0.2, -0.15) is 0 Å². The van der Waals surface area contributed by atoms with Crippen LogP contribution in [-0.4, -0.2) is 42.7 Å². The molecule has 0 unspecified atom stereocenters. The van der Waals surface area contributed by atoms with Gasteiger partial charge in [-0.25, -0.2) is 0 Å². The van der Waals surface area contributed by atoms with Crippen LogP contribution in [0.5, 0.6) is 0 Å². The Bertz CT molecular complexity index is 353. The number of aliphatic hydroxyl groups excluding tert-OH is 1. The van der Waals surface area contributed by atoms with Crippen LogP contribution in [0.1, 0.15) is 31.9 Å². The molecular formula is C15H24N2O. The molecule has 1 N–H and O–H groups in total. The van der Waals surface area contributed by atoms with E-state index in [0.29, 0.717) is 0 Å². The van der Waals surface area contributed by atoms with E-state index in [1.165, 1.54) is 18.7 Å². The van der Waals surface area contributed by atoms with E-state index in [9.17, 15) is 5.11 Å². The van der Waals surface area contributed by atoms with Gasteiger partial charge < -0.3 is 10.0 Å². The lowest BCUT2D eigenvalue weighted by molar-refractivity contribution is 0.199. The zero-order valence-corrected chi connectivity index (χ0v) is 11.5. The molecule has 0 aromatic heterocycles. The second kappa shape index (κ2) is 6.21. The highest BCUT2D eigenvalue weighted by Gasteiger charge is 2.16. The number of rotatable bonds is 4. The molecular weight excluding hydrogens is 224 g/mol. The Labute approximate surface area is 110 Å². The van der Waals surface area contributed by atoms with Gasteiger partial charge in [0.05, 0.1) is 6.10 Å². The molecule has 18 heavy (non-hydrogen) atoms. The summed E-state index contributed by atoms with van der Waals surface area (Å²) in [6.07, 6.45) is 0.865. The first kappa shape index (κ1) is 13.4. The predicted molar refractivity (Wildman–Crippen MR) is 76.0 cm³/mol. The SMILES string of the molecule is CCCN1CCN(c2ccc([C@H](C)O)cc2)CC1. The molecule has 1 atom stereocenters. The van der Waals surface area contributed by atoms with Crippen LogP contribution in [0.4, 0.5) is 5.69 Å². The molecule has 1 aromatic carbocycles. The second-order valence-corrected chi connectivity index (χ2v) is 5.10. The van der Waals surface area contributed by atoms with Gasteiger partial charge in [-0.15, -0.1) is 0 Å². The van der Waals surface area contributed by atoms with Gasteiger partial charge in [-0.05, 0) is 37.6 Å². The number of aliphatic hydroxyl groups is 1. The molecule has 0 spiro atoms. The second-order valence-electron chi connectivity index (χ2n) is 5.10. The lowest BCUT2D eigenvalue weighted by Crippen LogP contribution is -2.46. The van der Waals surface area contributed by atoms with Gasteiger partial charge in [-0.3, -0.25) is 4.90 Å². The Morgan fingerprint density at radius 1 is 1.11 bits per heavy atom. The van der Waals surface area contributed by atoms with Gasteiger partial charge in [0.15, 0.2) is 0 Å². The van der Waals surface area contributed by atoms with E-state index in [0.717, 1.165) is 31.7 Å². The Balaban J connectivity index is 1.93. The summed E-state index contributed by atoms with van der Waals surface area (Å²) in [5, 5.41) is 9.50. The lowest BCUT2D eigenvalue weighted by Gasteiger charge is -2.36. The smallest absolute Gasteiger partial charge is 0.0761 e. The molecule has 100 valence electrons. The Morgan fingerprint density at radius 3 is 2.22 bits per heavy atom. The van der Waals surface area contributed by atoms with Crippen molar-refractivity contribution in [2.24, 2.45) is 0 Å². The third-order valence-electron chi connectivity index (χ3n) is 3.65. The average Bonchev–Trinajstić information content (AvgIpc) is 2.40. The van der Waals surface area contributed by atoms with Gasteiger partial charge >= 0.3 is 0 Å². The predicted octanol–water partition coefficient (Wildman–Crippen LogP) is 2.27. The number of benzene rings is 1. The highest BCUT2D eigenvalue weighted by atomic mass is 16.3. The van der Waals surface area contributed by atoms with E-state index >= 15 is 0 Å². The van der Waals surface area contributed by atoms with Crippen molar-refractivity contribution in [1.29, 1.82) is 0 Å². The topological polar surface area (TPSA) is 26.7 Å². The molecule has 1 fully saturated rings. The molecule has 1 aliphatic heterocycles. The van der Waals surface area contributed by atoms with E-state index in [-0.39, 0.29) is 6.10 Å². The van der Waals surface area contributed by atoms with Crippen molar-refractivity contribution < 1.29 is 5.11 Å². The van der Waals surface area contributed by atoms with Gasteiger partial charge in [0.25, 0.3) is 0 Å².